The van der Waals surface area contributed by atoms with Crippen LogP contribution < -0.4 is 10.5 Å². The number of ether oxygens (including phenoxy) is 1. The fourth-order valence-corrected chi connectivity index (χ4v) is 2.13. The fourth-order valence-electron chi connectivity index (χ4n) is 1.58. The standard InChI is InChI=1S/C14H14BrNO/c1-10-7-12(15)8-13(14(10)16)17-9-11-5-3-2-4-6-11/h2-8H,9,16H2,1H3. The summed E-state index contributed by atoms with van der Waals surface area (Å²) in [6.45, 7) is 2.50. The second-order valence-corrected chi connectivity index (χ2v) is 4.82. The SMILES string of the molecule is Cc1cc(Br)cc(OCc2ccccc2)c1N. The third kappa shape index (κ3) is 3.01. The first-order valence-electron chi connectivity index (χ1n) is 5.39. The molecule has 0 unspecified atom stereocenters. The van der Waals surface area contributed by atoms with E-state index in [-0.39, 0.29) is 0 Å². The van der Waals surface area contributed by atoms with Gasteiger partial charge in [-0.15, -0.1) is 0 Å². The van der Waals surface area contributed by atoms with Crippen LogP contribution in [0.4, 0.5) is 5.69 Å². The van der Waals surface area contributed by atoms with Gasteiger partial charge < -0.3 is 10.5 Å². The van der Waals surface area contributed by atoms with Crippen LogP contribution in [0.5, 0.6) is 5.75 Å². The molecule has 0 amide bonds. The van der Waals surface area contributed by atoms with Crippen LogP contribution >= 0.6 is 15.9 Å². The second-order valence-electron chi connectivity index (χ2n) is 3.91. The molecule has 0 saturated heterocycles. The molecule has 0 aromatic heterocycles. The Labute approximate surface area is 110 Å². The van der Waals surface area contributed by atoms with Crippen molar-refractivity contribution in [2.24, 2.45) is 0 Å². The van der Waals surface area contributed by atoms with E-state index >= 15 is 0 Å². The van der Waals surface area contributed by atoms with Gasteiger partial charge in [-0.05, 0) is 30.2 Å². The summed E-state index contributed by atoms with van der Waals surface area (Å²) < 4.78 is 6.71. The second kappa shape index (κ2) is 5.23. The van der Waals surface area contributed by atoms with Gasteiger partial charge in [0.1, 0.15) is 12.4 Å². The predicted molar refractivity (Wildman–Crippen MR) is 74.1 cm³/mol. The monoisotopic (exact) mass is 291 g/mol. The van der Waals surface area contributed by atoms with Gasteiger partial charge in [-0.3, -0.25) is 0 Å². The average molecular weight is 292 g/mol. The van der Waals surface area contributed by atoms with E-state index in [9.17, 15) is 0 Å². The lowest BCUT2D eigenvalue weighted by molar-refractivity contribution is 0.307. The lowest BCUT2D eigenvalue weighted by Crippen LogP contribution is -2.00. The van der Waals surface area contributed by atoms with Gasteiger partial charge in [0.05, 0.1) is 5.69 Å². The van der Waals surface area contributed by atoms with Crippen LogP contribution in [0.15, 0.2) is 46.9 Å². The van der Waals surface area contributed by atoms with Crippen LogP contribution in [0.3, 0.4) is 0 Å². The summed E-state index contributed by atoms with van der Waals surface area (Å²) in [6, 6.07) is 13.9. The van der Waals surface area contributed by atoms with E-state index in [2.05, 4.69) is 15.9 Å². The largest absolute Gasteiger partial charge is 0.487 e. The van der Waals surface area contributed by atoms with Gasteiger partial charge >= 0.3 is 0 Å². The van der Waals surface area contributed by atoms with Gasteiger partial charge in [0.25, 0.3) is 0 Å². The molecule has 0 aliphatic carbocycles. The quantitative estimate of drug-likeness (QED) is 0.870. The zero-order valence-electron chi connectivity index (χ0n) is 9.61. The molecule has 0 spiro atoms. The fraction of sp³-hybridized carbons (Fsp3) is 0.143. The number of anilines is 1. The number of rotatable bonds is 3. The zero-order chi connectivity index (χ0) is 12.3. The Hall–Kier alpha value is -1.48. The van der Waals surface area contributed by atoms with Gasteiger partial charge in [0.2, 0.25) is 0 Å². The summed E-state index contributed by atoms with van der Waals surface area (Å²) in [7, 11) is 0. The highest BCUT2D eigenvalue weighted by atomic mass is 79.9. The van der Waals surface area contributed by atoms with Crippen molar-refractivity contribution < 1.29 is 4.74 Å². The molecular weight excluding hydrogens is 278 g/mol. The first-order chi connectivity index (χ1) is 8.16. The number of nitrogens with two attached hydrogens (primary N) is 1. The van der Waals surface area contributed by atoms with E-state index in [4.69, 9.17) is 10.5 Å². The van der Waals surface area contributed by atoms with E-state index in [0.29, 0.717) is 12.3 Å². The molecule has 0 aliphatic heterocycles. The molecule has 0 atom stereocenters. The molecule has 0 heterocycles. The first kappa shape index (κ1) is 12.0. The summed E-state index contributed by atoms with van der Waals surface area (Å²) in [4.78, 5) is 0. The highest BCUT2D eigenvalue weighted by Crippen LogP contribution is 2.30. The number of benzene rings is 2. The summed E-state index contributed by atoms with van der Waals surface area (Å²) >= 11 is 3.44. The van der Waals surface area contributed by atoms with E-state index in [1.807, 2.05) is 49.4 Å². The Morgan fingerprint density at radius 2 is 1.88 bits per heavy atom. The Morgan fingerprint density at radius 3 is 2.59 bits per heavy atom. The van der Waals surface area contributed by atoms with Crippen molar-refractivity contribution >= 4 is 21.6 Å². The smallest absolute Gasteiger partial charge is 0.144 e. The van der Waals surface area contributed by atoms with Crippen LogP contribution in [-0.4, -0.2) is 0 Å². The summed E-state index contributed by atoms with van der Waals surface area (Å²) in [5.74, 6) is 0.723. The number of halogens is 1. The van der Waals surface area contributed by atoms with E-state index in [1.165, 1.54) is 0 Å². The number of hydrogen-bond donors (Lipinski definition) is 1. The van der Waals surface area contributed by atoms with Crippen molar-refractivity contribution in [3.8, 4) is 5.75 Å². The molecule has 3 heteroatoms. The summed E-state index contributed by atoms with van der Waals surface area (Å²) in [5.41, 5.74) is 8.81. The average Bonchev–Trinajstić information content (AvgIpc) is 2.33. The summed E-state index contributed by atoms with van der Waals surface area (Å²) in [6.07, 6.45) is 0. The maximum Gasteiger partial charge on any atom is 0.144 e. The molecule has 2 N–H and O–H groups in total. The Morgan fingerprint density at radius 1 is 1.18 bits per heavy atom. The van der Waals surface area contributed by atoms with E-state index in [0.717, 1.165) is 21.3 Å². The molecule has 2 rings (SSSR count). The van der Waals surface area contributed by atoms with Crippen molar-refractivity contribution in [3.05, 3.63) is 58.1 Å². The minimum absolute atomic E-state index is 0.529. The van der Waals surface area contributed by atoms with Gasteiger partial charge in [-0.2, -0.15) is 0 Å². The van der Waals surface area contributed by atoms with E-state index < -0.39 is 0 Å². The lowest BCUT2D eigenvalue weighted by Gasteiger charge is -2.11. The molecule has 2 aromatic carbocycles. The van der Waals surface area contributed by atoms with Crippen molar-refractivity contribution in [2.45, 2.75) is 13.5 Å². The third-order valence-electron chi connectivity index (χ3n) is 2.55. The van der Waals surface area contributed by atoms with Crippen LogP contribution in [0.1, 0.15) is 11.1 Å². The number of nitrogen functional groups attached to an aromatic ring is 1. The molecule has 88 valence electrons. The molecule has 0 saturated carbocycles. The predicted octanol–water partition coefficient (Wildman–Crippen LogP) is 3.92. The molecular formula is C14H14BrNO. The molecule has 2 nitrogen and oxygen atoms in total. The number of hydrogen-bond acceptors (Lipinski definition) is 2. The zero-order valence-corrected chi connectivity index (χ0v) is 11.2. The van der Waals surface area contributed by atoms with Crippen molar-refractivity contribution in [2.75, 3.05) is 5.73 Å². The van der Waals surface area contributed by atoms with E-state index in [1.54, 1.807) is 0 Å². The minimum Gasteiger partial charge on any atom is -0.487 e. The van der Waals surface area contributed by atoms with Crippen LogP contribution in [0.25, 0.3) is 0 Å². The van der Waals surface area contributed by atoms with Crippen molar-refractivity contribution in [1.82, 2.24) is 0 Å². The Balaban J connectivity index is 2.14. The molecule has 2 aromatic rings. The highest BCUT2D eigenvalue weighted by molar-refractivity contribution is 9.10. The van der Waals surface area contributed by atoms with Gasteiger partial charge in [-0.1, -0.05) is 46.3 Å². The van der Waals surface area contributed by atoms with Crippen molar-refractivity contribution in [3.63, 3.8) is 0 Å². The topological polar surface area (TPSA) is 35.2 Å². The molecule has 0 fully saturated rings. The highest BCUT2D eigenvalue weighted by Gasteiger charge is 2.05. The first-order valence-corrected chi connectivity index (χ1v) is 6.18. The Bertz CT molecular complexity index is 511. The molecule has 17 heavy (non-hydrogen) atoms. The lowest BCUT2D eigenvalue weighted by atomic mass is 10.2. The maximum absolute atomic E-state index is 5.97. The van der Waals surface area contributed by atoms with Gasteiger partial charge in [0, 0.05) is 4.47 Å². The van der Waals surface area contributed by atoms with Gasteiger partial charge in [-0.25, -0.2) is 0 Å². The Kier molecular flexibility index (Phi) is 3.69. The van der Waals surface area contributed by atoms with Crippen LogP contribution in [0.2, 0.25) is 0 Å². The molecule has 0 aliphatic rings. The molecule has 0 radical (unpaired) electrons. The third-order valence-corrected chi connectivity index (χ3v) is 3.01. The maximum atomic E-state index is 5.97. The van der Waals surface area contributed by atoms with Crippen molar-refractivity contribution in [1.29, 1.82) is 0 Å². The number of aryl methyl sites for hydroxylation is 1. The minimum atomic E-state index is 0.529. The normalized spacial score (nSPS) is 10.2. The van der Waals surface area contributed by atoms with Crippen LogP contribution in [-0.2, 0) is 6.61 Å². The molecule has 0 bridgehead atoms. The summed E-state index contributed by atoms with van der Waals surface area (Å²) in [5, 5.41) is 0. The van der Waals surface area contributed by atoms with Crippen LogP contribution in [0, 0.1) is 6.92 Å². The van der Waals surface area contributed by atoms with Gasteiger partial charge in [0.15, 0.2) is 0 Å².